The van der Waals surface area contributed by atoms with Gasteiger partial charge in [-0.2, -0.15) is 0 Å². The van der Waals surface area contributed by atoms with Crippen LogP contribution < -0.4 is 10.6 Å². The summed E-state index contributed by atoms with van der Waals surface area (Å²) in [5.41, 5.74) is 5.79. The van der Waals surface area contributed by atoms with Crippen LogP contribution in [0.25, 0.3) is 0 Å². The van der Waals surface area contributed by atoms with E-state index >= 15 is 0 Å². The maximum Gasteiger partial charge on any atom is 0.268 e. The Morgan fingerprint density at radius 1 is 1.53 bits per heavy atom. The van der Waals surface area contributed by atoms with Gasteiger partial charge in [0.05, 0.1) is 0 Å². The Labute approximate surface area is 105 Å². The Hall–Kier alpha value is -1.56. The first-order valence-corrected chi connectivity index (χ1v) is 6.29. The number of hydrogen-bond donors (Lipinski definition) is 1. The summed E-state index contributed by atoms with van der Waals surface area (Å²) in [5.74, 6) is 0.315. The Morgan fingerprint density at radius 2 is 2.29 bits per heavy atom. The second kappa shape index (κ2) is 4.75. The van der Waals surface area contributed by atoms with E-state index < -0.39 is 0 Å². The molecule has 0 fully saturated rings. The lowest BCUT2D eigenvalue weighted by Gasteiger charge is -2.22. The maximum atomic E-state index is 12.2. The third kappa shape index (κ3) is 2.41. The van der Waals surface area contributed by atoms with Crippen LogP contribution in [0, 0.1) is 0 Å². The smallest absolute Gasteiger partial charge is 0.268 e. The zero-order valence-corrected chi connectivity index (χ0v) is 10.8. The highest BCUT2D eigenvalue weighted by atomic mass is 32.1. The fraction of sp³-hybridized carbons (Fsp3) is 0.455. The molecule has 17 heavy (non-hydrogen) atoms. The van der Waals surface area contributed by atoms with Crippen molar-refractivity contribution in [3.8, 4) is 0 Å². The van der Waals surface area contributed by atoms with Gasteiger partial charge in [-0.3, -0.25) is 4.79 Å². The van der Waals surface area contributed by atoms with Gasteiger partial charge in [-0.1, -0.05) is 23.5 Å². The predicted molar refractivity (Wildman–Crippen MR) is 70.5 cm³/mol. The summed E-state index contributed by atoms with van der Waals surface area (Å²) in [4.78, 5) is 20.6. The minimum absolute atomic E-state index is 0.0162. The molecule has 2 N–H and O–H groups in total. The van der Waals surface area contributed by atoms with Crippen LogP contribution in [-0.2, 0) is 0 Å². The second-order valence-electron chi connectivity index (χ2n) is 4.12. The third-order valence-corrected chi connectivity index (χ3v) is 3.79. The lowest BCUT2D eigenvalue weighted by molar-refractivity contribution is 0.0776. The van der Waals surface area contributed by atoms with Gasteiger partial charge in [0.1, 0.15) is 10.7 Å². The van der Waals surface area contributed by atoms with Crippen molar-refractivity contribution in [1.82, 2.24) is 9.88 Å². The van der Waals surface area contributed by atoms with Crippen LogP contribution in [0.2, 0.25) is 0 Å². The highest BCUT2D eigenvalue weighted by Crippen LogP contribution is 2.28. The van der Waals surface area contributed by atoms with Gasteiger partial charge in [0.2, 0.25) is 0 Å². The van der Waals surface area contributed by atoms with Crippen molar-refractivity contribution in [1.29, 1.82) is 0 Å². The van der Waals surface area contributed by atoms with Crippen molar-refractivity contribution in [2.45, 2.75) is 6.42 Å². The first kappa shape index (κ1) is 11.9. The normalized spacial score (nSPS) is 15.1. The van der Waals surface area contributed by atoms with Gasteiger partial charge in [0, 0.05) is 27.2 Å². The van der Waals surface area contributed by atoms with Gasteiger partial charge >= 0.3 is 0 Å². The Kier molecular flexibility index (Phi) is 3.33. The predicted octanol–water partition coefficient (Wildman–Crippen LogP) is 1.19. The highest BCUT2D eigenvalue weighted by molar-refractivity contribution is 7.18. The summed E-state index contributed by atoms with van der Waals surface area (Å²) in [6, 6.07) is 0. The molecule has 1 aliphatic heterocycles. The van der Waals surface area contributed by atoms with Crippen LogP contribution in [-0.4, -0.2) is 43.0 Å². The molecule has 0 radical (unpaired) electrons. The van der Waals surface area contributed by atoms with Crippen molar-refractivity contribution in [3.05, 3.63) is 17.0 Å². The van der Waals surface area contributed by atoms with E-state index in [1.54, 1.807) is 4.90 Å². The first-order valence-electron chi connectivity index (χ1n) is 5.47. The topological polar surface area (TPSA) is 62.5 Å². The van der Waals surface area contributed by atoms with E-state index in [0.717, 1.165) is 18.1 Å². The highest BCUT2D eigenvalue weighted by Gasteiger charge is 2.22. The van der Waals surface area contributed by atoms with Crippen LogP contribution in [0.1, 0.15) is 16.1 Å². The number of anilines is 2. The molecule has 0 unspecified atom stereocenters. The number of nitrogen functional groups attached to an aromatic ring is 1. The molecular formula is C11H16N4OS. The average molecular weight is 252 g/mol. The van der Waals surface area contributed by atoms with E-state index in [9.17, 15) is 4.79 Å². The van der Waals surface area contributed by atoms with Gasteiger partial charge in [0.15, 0.2) is 5.13 Å². The number of rotatable bonds is 2. The number of hydrogen-bond acceptors (Lipinski definition) is 5. The molecule has 2 rings (SSSR count). The second-order valence-corrected chi connectivity index (χ2v) is 5.09. The number of aromatic nitrogens is 1. The molecule has 5 nitrogen and oxygen atoms in total. The molecule has 6 heteroatoms. The number of amides is 1. The summed E-state index contributed by atoms with van der Waals surface area (Å²) < 4.78 is 0. The fourth-order valence-electron chi connectivity index (χ4n) is 1.63. The Balaban J connectivity index is 2.21. The summed E-state index contributed by atoms with van der Waals surface area (Å²) in [7, 11) is 3.77. The van der Waals surface area contributed by atoms with Crippen molar-refractivity contribution < 1.29 is 4.79 Å². The number of carbonyl (C=O) groups excluding carboxylic acids is 1. The zero-order valence-electron chi connectivity index (χ0n) is 10.0. The van der Waals surface area contributed by atoms with Crippen LogP contribution in [0.15, 0.2) is 12.2 Å². The van der Waals surface area contributed by atoms with E-state index in [1.165, 1.54) is 11.3 Å². The van der Waals surface area contributed by atoms with Crippen molar-refractivity contribution >= 4 is 28.2 Å². The minimum atomic E-state index is -0.0162. The Bertz CT molecular complexity index is 452. The lowest BCUT2D eigenvalue weighted by atomic mass is 10.2. The molecule has 1 aromatic heterocycles. The maximum absolute atomic E-state index is 12.2. The molecule has 92 valence electrons. The van der Waals surface area contributed by atoms with Gasteiger partial charge < -0.3 is 15.5 Å². The largest absolute Gasteiger partial charge is 0.382 e. The van der Waals surface area contributed by atoms with Crippen LogP contribution in [0.4, 0.5) is 10.9 Å². The van der Waals surface area contributed by atoms with Gasteiger partial charge in [-0.25, -0.2) is 4.98 Å². The monoisotopic (exact) mass is 252 g/mol. The van der Waals surface area contributed by atoms with Crippen molar-refractivity contribution in [2.75, 3.05) is 37.8 Å². The summed E-state index contributed by atoms with van der Waals surface area (Å²) in [6.07, 6.45) is 5.00. The quantitative estimate of drug-likeness (QED) is 0.803. The SMILES string of the molecule is CN(C)c1nc(N)c(C(=O)N2CC=CCC2)s1. The number of carbonyl (C=O) groups is 1. The van der Waals surface area contributed by atoms with Crippen molar-refractivity contribution in [3.63, 3.8) is 0 Å². The van der Waals surface area contributed by atoms with Crippen LogP contribution in [0.5, 0.6) is 0 Å². The molecule has 0 saturated carbocycles. The molecule has 0 atom stereocenters. The molecule has 0 spiro atoms. The van der Waals surface area contributed by atoms with Crippen LogP contribution >= 0.6 is 11.3 Å². The summed E-state index contributed by atoms with van der Waals surface area (Å²) in [6.45, 7) is 1.41. The van der Waals surface area contributed by atoms with E-state index in [2.05, 4.69) is 11.1 Å². The molecule has 1 amide bonds. The van der Waals surface area contributed by atoms with Gasteiger partial charge in [-0.15, -0.1) is 0 Å². The van der Waals surface area contributed by atoms with E-state index in [4.69, 9.17) is 5.73 Å². The van der Waals surface area contributed by atoms with Gasteiger partial charge in [-0.05, 0) is 6.42 Å². The number of nitrogens with two attached hydrogens (primary N) is 1. The summed E-state index contributed by atoms with van der Waals surface area (Å²) >= 11 is 1.34. The zero-order chi connectivity index (χ0) is 12.4. The molecular weight excluding hydrogens is 236 g/mol. The molecule has 1 aliphatic rings. The molecule has 1 aromatic rings. The Morgan fingerprint density at radius 3 is 2.82 bits per heavy atom. The number of nitrogens with zero attached hydrogens (tertiary/aromatic N) is 3. The molecule has 0 aromatic carbocycles. The molecule has 0 aliphatic carbocycles. The van der Waals surface area contributed by atoms with E-state index in [1.807, 2.05) is 25.1 Å². The van der Waals surface area contributed by atoms with Gasteiger partial charge in [0.25, 0.3) is 5.91 Å². The fourth-order valence-corrected chi connectivity index (χ4v) is 2.51. The average Bonchev–Trinajstić information content (AvgIpc) is 2.72. The molecule has 2 heterocycles. The number of thiazole rings is 1. The first-order chi connectivity index (χ1) is 8.09. The third-order valence-electron chi connectivity index (χ3n) is 2.56. The van der Waals surface area contributed by atoms with E-state index in [-0.39, 0.29) is 5.91 Å². The lowest BCUT2D eigenvalue weighted by Crippen LogP contribution is -2.33. The van der Waals surface area contributed by atoms with E-state index in [0.29, 0.717) is 17.2 Å². The van der Waals surface area contributed by atoms with Crippen molar-refractivity contribution in [2.24, 2.45) is 0 Å². The standard InChI is InChI=1S/C11H16N4OS/c1-14(2)11-13-9(12)8(17-11)10(16)15-6-4-3-5-7-15/h3-4H,5-7,12H2,1-2H3. The minimum Gasteiger partial charge on any atom is -0.382 e. The van der Waals surface area contributed by atoms with Crippen LogP contribution in [0.3, 0.4) is 0 Å². The molecule has 0 bridgehead atoms. The molecule has 0 saturated heterocycles. The summed E-state index contributed by atoms with van der Waals surface area (Å²) in [5, 5.41) is 0.762.